The van der Waals surface area contributed by atoms with Crippen LogP contribution in [0.25, 0.3) is 0 Å². The highest BCUT2D eigenvalue weighted by atomic mass is 16.5. The third-order valence-corrected chi connectivity index (χ3v) is 4.66. The monoisotopic (exact) mass is 298 g/mol. The van der Waals surface area contributed by atoms with E-state index >= 15 is 0 Å². The summed E-state index contributed by atoms with van der Waals surface area (Å²) in [6, 6.07) is 0.431. The molecule has 2 aliphatic heterocycles. The van der Waals surface area contributed by atoms with Crippen LogP contribution >= 0.6 is 0 Å². The largest absolute Gasteiger partial charge is 0.481 e. The fraction of sp³-hybridized carbons (Fsp3) is 0.867. The zero-order chi connectivity index (χ0) is 15.1. The average molecular weight is 298 g/mol. The van der Waals surface area contributed by atoms with Gasteiger partial charge in [0.05, 0.1) is 5.41 Å². The molecule has 1 unspecified atom stereocenters. The first kappa shape index (κ1) is 16.2. The van der Waals surface area contributed by atoms with Gasteiger partial charge in [-0.2, -0.15) is 0 Å². The van der Waals surface area contributed by atoms with Gasteiger partial charge < -0.3 is 20.5 Å². The van der Waals surface area contributed by atoms with Crippen molar-refractivity contribution in [2.75, 3.05) is 26.3 Å². The van der Waals surface area contributed by atoms with Crippen molar-refractivity contribution in [2.45, 2.75) is 51.0 Å². The molecule has 2 heterocycles. The number of amides is 1. The molecule has 0 radical (unpaired) electrons. The summed E-state index contributed by atoms with van der Waals surface area (Å²) >= 11 is 0. The van der Waals surface area contributed by atoms with Crippen molar-refractivity contribution in [1.82, 2.24) is 10.6 Å². The van der Waals surface area contributed by atoms with E-state index in [-0.39, 0.29) is 12.5 Å². The molecule has 2 fully saturated rings. The number of aliphatic carboxylic acids is 1. The molecule has 6 heteroatoms. The maximum Gasteiger partial charge on any atom is 0.311 e. The second kappa shape index (κ2) is 7.75. The zero-order valence-electron chi connectivity index (χ0n) is 12.5. The van der Waals surface area contributed by atoms with Crippen LogP contribution in [0, 0.1) is 5.41 Å². The Labute approximate surface area is 125 Å². The van der Waals surface area contributed by atoms with Gasteiger partial charge in [0.1, 0.15) is 0 Å². The highest BCUT2D eigenvalue weighted by Crippen LogP contribution is 2.30. The van der Waals surface area contributed by atoms with Crippen molar-refractivity contribution >= 4 is 11.9 Å². The van der Waals surface area contributed by atoms with Crippen molar-refractivity contribution in [3.05, 3.63) is 0 Å². The molecule has 2 aliphatic rings. The Morgan fingerprint density at radius 1 is 1.29 bits per heavy atom. The quantitative estimate of drug-likeness (QED) is 0.678. The number of rotatable bonds is 6. The molecule has 0 saturated carbocycles. The topological polar surface area (TPSA) is 87.7 Å². The van der Waals surface area contributed by atoms with E-state index in [4.69, 9.17) is 4.74 Å². The summed E-state index contributed by atoms with van der Waals surface area (Å²) in [5.74, 6) is -0.880. The molecule has 0 aromatic carbocycles. The van der Waals surface area contributed by atoms with E-state index in [1.165, 1.54) is 12.8 Å². The Kier molecular flexibility index (Phi) is 5.99. The minimum Gasteiger partial charge on any atom is -0.481 e. The molecule has 1 atom stereocenters. The third kappa shape index (κ3) is 4.68. The molecule has 2 saturated heterocycles. The molecule has 120 valence electrons. The molecule has 2 rings (SSSR count). The lowest BCUT2D eigenvalue weighted by Crippen LogP contribution is -2.46. The predicted molar refractivity (Wildman–Crippen MR) is 78.0 cm³/mol. The first-order chi connectivity index (χ1) is 10.1. The van der Waals surface area contributed by atoms with Crippen LogP contribution in [-0.2, 0) is 14.3 Å². The summed E-state index contributed by atoms with van der Waals surface area (Å²) in [7, 11) is 0. The van der Waals surface area contributed by atoms with Crippen LogP contribution in [0.3, 0.4) is 0 Å². The first-order valence-corrected chi connectivity index (χ1v) is 7.94. The van der Waals surface area contributed by atoms with Gasteiger partial charge in [-0.15, -0.1) is 0 Å². The van der Waals surface area contributed by atoms with Gasteiger partial charge >= 0.3 is 5.97 Å². The number of piperidine rings is 1. The summed E-state index contributed by atoms with van der Waals surface area (Å²) in [5.41, 5.74) is -0.850. The summed E-state index contributed by atoms with van der Waals surface area (Å²) in [4.78, 5) is 23.4. The van der Waals surface area contributed by atoms with E-state index in [2.05, 4.69) is 10.6 Å². The van der Waals surface area contributed by atoms with Crippen LogP contribution in [0.4, 0.5) is 0 Å². The zero-order valence-corrected chi connectivity index (χ0v) is 12.5. The van der Waals surface area contributed by atoms with Crippen LogP contribution in [0.5, 0.6) is 0 Å². The molecule has 6 nitrogen and oxygen atoms in total. The normalized spacial score (nSPS) is 25.2. The number of carbonyl (C=O) groups excluding carboxylic acids is 1. The highest BCUT2D eigenvalue weighted by Gasteiger charge is 2.40. The van der Waals surface area contributed by atoms with Gasteiger partial charge in [0.15, 0.2) is 0 Å². The smallest absolute Gasteiger partial charge is 0.311 e. The van der Waals surface area contributed by atoms with Gasteiger partial charge in [0, 0.05) is 32.2 Å². The molecule has 3 N–H and O–H groups in total. The fourth-order valence-electron chi connectivity index (χ4n) is 3.06. The Balaban J connectivity index is 1.72. The molecular weight excluding hydrogens is 272 g/mol. The molecule has 0 aromatic rings. The Morgan fingerprint density at radius 2 is 2.05 bits per heavy atom. The minimum atomic E-state index is -0.850. The number of hydrogen-bond donors (Lipinski definition) is 3. The van der Waals surface area contributed by atoms with Crippen LogP contribution in [-0.4, -0.2) is 49.3 Å². The molecule has 0 spiro atoms. The maximum absolute atomic E-state index is 11.9. The molecule has 0 bridgehead atoms. The lowest BCUT2D eigenvalue weighted by atomic mass is 9.80. The number of carbonyl (C=O) groups is 2. The number of ether oxygens (including phenoxy) is 1. The molecule has 0 aromatic heterocycles. The van der Waals surface area contributed by atoms with Gasteiger partial charge in [-0.1, -0.05) is 6.42 Å². The Bertz CT molecular complexity index is 361. The van der Waals surface area contributed by atoms with E-state index in [9.17, 15) is 14.7 Å². The van der Waals surface area contributed by atoms with E-state index < -0.39 is 11.4 Å². The summed E-state index contributed by atoms with van der Waals surface area (Å²) < 4.78 is 5.22. The lowest BCUT2D eigenvalue weighted by Gasteiger charge is -2.33. The minimum absolute atomic E-state index is 0.0468. The van der Waals surface area contributed by atoms with Crippen LogP contribution < -0.4 is 10.6 Å². The van der Waals surface area contributed by atoms with E-state index in [1.807, 2.05) is 0 Å². The van der Waals surface area contributed by atoms with E-state index in [1.54, 1.807) is 0 Å². The SMILES string of the molecule is O=C(CCC1CCCCN1)NCC1(C(=O)O)CCOCC1. The Hall–Kier alpha value is -1.14. The Morgan fingerprint density at radius 3 is 2.67 bits per heavy atom. The first-order valence-electron chi connectivity index (χ1n) is 7.94. The van der Waals surface area contributed by atoms with Crippen molar-refractivity contribution in [3.8, 4) is 0 Å². The van der Waals surface area contributed by atoms with Crippen LogP contribution in [0.1, 0.15) is 44.9 Å². The van der Waals surface area contributed by atoms with Gasteiger partial charge in [0.2, 0.25) is 5.91 Å². The maximum atomic E-state index is 11.9. The number of nitrogens with one attached hydrogen (secondary N) is 2. The standard InChI is InChI=1S/C15H26N2O4/c18-13(5-4-12-3-1-2-8-16-12)17-11-15(14(19)20)6-9-21-10-7-15/h12,16H,1-11H2,(H,17,18)(H,19,20). The molecule has 0 aliphatic carbocycles. The lowest BCUT2D eigenvalue weighted by molar-refractivity contribution is -0.154. The second-order valence-corrected chi connectivity index (χ2v) is 6.16. The summed E-state index contributed by atoms with van der Waals surface area (Å²) in [6.07, 6.45) is 5.79. The molecular formula is C15H26N2O4. The summed E-state index contributed by atoms with van der Waals surface area (Å²) in [5, 5.41) is 15.6. The van der Waals surface area contributed by atoms with Gasteiger partial charge in [-0.3, -0.25) is 9.59 Å². The molecule has 1 amide bonds. The molecule has 21 heavy (non-hydrogen) atoms. The van der Waals surface area contributed by atoms with Crippen molar-refractivity contribution in [2.24, 2.45) is 5.41 Å². The van der Waals surface area contributed by atoms with E-state index in [0.717, 1.165) is 19.4 Å². The van der Waals surface area contributed by atoms with Crippen molar-refractivity contribution < 1.29 is 19.4 Å². The number of carboxylic acids is 1. The van der Waals surface area contributed by atoms with Crippen molar-refractivity contribution in [3.63, 3.8) is 0 Å². The van der Waals surface area contributed by atoms with Crippen LogP contribution in [0.15, 0.2) is 0 Å². The second-order valence-electron chi connectivity index (χ2n) is 6.16. The summed E-state index contributed by atoms with van der Waals surface area (Å²) in [6.45, 7) is 2.15. The van der Waals surface area contributed by atoms with E-state index in [0.29, 0.717) is 38.5 Å². The van der Waals surface area contributed by atoms with Gasteiger partial charge in [-0.05, 0) is 38.6 Å². The number of carboxylic acid groups (broad SMARTS) is 1. The van der Waals surface area contributed by atoms with Gasteiger partial charge in [0.25, 0.3) is 0 Å². The third-order valence-electron chi connectivity index (χ3n) is 4.66. The van der Waals surface area contributed by atoms with Crippen molar-refractivity contribution in [1.29, 1.82) is 0 Å². The average Bonchev–Trinajstić information content (AvgIpc) is 2.52. The van der Waals surface area contributed by atoms with Gasteiger partial charge in [-0.25, -0.2) is 0 Å². The fourth-order valence-corrected chi connectivity index (χ4v) is 3.06. The number of hydrogen-bond acceptors (Lipinski definition) is 4. The van der Waals surface area contributed by atoms with Crippen LogP contribution in [0.2, 0.25) is 0 Å². The highest BCUT2D eigenvalue weighted by molar-refractivity contribution is 5.79. The predicted octanol–water partition coefficient (Wildman–Crippen LogP) is 0.906.